The van der Waals surface area contributed by atoms with Crippen molar-refractivity contribution in [2.75, 3.05) is 31.1 Å². The second-order valence-electron chi connectivity index (χ2n) is 4.56. The highest BCUT2D eigenvalue weighted by atomic mass is 16.3. The molecule has 0 saturated carbocycles. The molecule has 2 rings (SSSR count). The van der Waals surface area contributed by atoms with Gasteiger partial charge in [-0.3, -0.25) is 0 Å². The third kappa shape index (κ3) is 4.66. The van der Waals surface area contributed by atoms with Gasteiger partial charge < -0.3 is 15.7 Å². The van der Waals surface area contributed by atoms with Gasteiger partial charge in [0.1, 0.15) is 6.33 Å². The molecule has 0 radical (unpaired) electrons. The van der Waals surface area contributed by atoms with Crippen molar-refractivity contribution in [3.8, 4) is 0 Å². The van der Waals surface area contributed by atoms with E-state index in [0.717, 1.165) is 23.5 Å². The molecule has 0 aliphatic rings. The Kier molecular flexibility index (Phi) is 5.87. The average molecular weight is 284 g/mol. The van der Waals surface area contributed by atoms with E-state index in [1.807, 2.05) is 42.5 Å². The van der Waals surface area contributed by atoms with Crippen LogP contribution >= 0.6 is 0 Å². The van der Waals surface area contributed by atoms with E-state index in [2.05, 4.69) is 14.9 Å². The molecule has 1 aromatic carbocycles. The number of aliphatic hydroxyl groups excluding tert-OH is 1. The van der Waals surface area contributed by atoms with E-state index in [-0.39, 0.29) is 6.61 Å². The maximum absolute atomic E-state index is 9.08. The Morgan fingerprint density at radius 2 is 1.90 bits per heavy atom. The maximum Gasteiger partial charge on any atom is 0.115 e. The molecule has 0 bridgehead atoms. The number of aliphatic hydroxyl groups is 1. The molecule has 1 heterocycles. The molecule has 5 nitrogen and oxygen atoms in total. The second-order valence-corrected chi connectivity index (χ2v) is 4.56. The lowest BCUT2D eigenvalue weighted by atomic mass is 10.1. The van der Waals surface area contributed by atoms with Gasteiger partial charge in [-0.15, -0.1) is 0 Å². The van der Waals surface area contributed by atoms with Gasteiger partial charge in [0, 0.05) is 31.5 Å². The molecule has 0 spiro atoms. The van der Waals surface area contributed by atoms with Gasteiger partial charge in [0.2, 0.25) is 0 Å². The van der Waals surface area contributed by atoms with Crippen molar-refractivity contribution >= 4 is 17.8 Å². The minimum atomic E-state index is 0.120. The Hall–Kier alpha value is -2.24. The first-order chi connectivity index (χ1) is 10.3. The van der Waals surface area contributed by atoms with Crippen molar-refractivity contribution in [2.45, 2.75) is 0 Å². The van der Waals surface area contributed by atoms with Crippen LogP contribution in [0.15, 0.2) is 42.9 Å². The first-order valence-corrected chi connectivity index (χ1v) is 6.93. The standard InChI is InChI=1S/C16H20N4O/c17-8-10-20(11-12-21)16-5-2-14(3-6-16)1-4-15-7-9-18-13-19-15/h1-7,9,13,21H,8,10-12,17H2. The number of hydrogen-bond donors (Lipinski definition) is 2. The molecule has 5 heteroatoms. The molecule has 0 unspecified atom stereocenters. The normalized spacial score (nSPS) is 11.0. The molecule has 0 fully saturated rings. The summed E-state index contributed by atoms with van der Waals surface area (Å²) in [5.74, 6) is 0. The van der Waals surface area contributed by atoms with Gasteiger partial charge in [-0.05, 0) is 29.8 Å². The van der Waals surface area contributed by atoms with Crippen molar-refractivity contribution in [3.05, 3.63) is 54.1 Å². The summed E-state index contributed by atoms with van der Waals surface area (Å²) in [6.07, 6.45) is 7.20. The Bertz CT molecular complexity index is 548. The molecule has 0 aliphatic heterocycles. The highest BCUT2D eigenvalue weighted by Gasteiger charge is 2.04. The predicted octanol–water partition coefficient (Wildman–Crippen LogP) is 1.40. The zero-order valence-electron chi connectivity index (χ0n) is 11.9. The minimum absolute atomic E-state index is 0.120. The zero-order chi connectivity index (χ0) is 14.9. The number of hydrogen-bond acceptors (Lipinski definition) is 5. The largest absolute Gasteiger partial charge is 0.395 e. The number of rotatable bonds is 7. The lowest BCUT2D eigenvalue weighted by molar-refractivity contribution is 0.302. The number of benzene rings is 1. The fourth-order valence-electron chi connectivity index (χ4n) is 2.02. The zero-order valence-corrected chi connectivity index (χ0v) is 11.9. The third-order valence-electron chi connectivity index (χ3n) is 3.08. The summed E-state index contributed by atoms with van der Waals surface area (Å²) in [5, 5.41) is 9.08. The molecular formula is C16H20N4O. The molecule has 0 saturated heterocycles. The van der Waals surface area contributed by atoms with Crippen LogP contribution in [0.4, 0.5) is 5.69 Å². The van der Waals surface area contributed by atoms with Crippen LogP contribution < -0.4 is 10.6 Å². The number of anilines is 1. The van der Waals surface area contributed by atoms with Crippen LogP contribution in [-0.4, -0.2) is 41.3 Å². The van der Waals surface area contributed by atoms with E-state index >= 15 is 0 Å². The van der Waals surface area contributed by atoms with Crippen LogP contribution in [0.25, 0.3) is 12.2 Å². The molecule has 110 valence electrons. The highest BCUT2D eigenvalue weighted by Crippen LogP contribution is 2.16. The summed E-state index contributed by atoms with van der Waals surface area (Å²) in [6.45, 7) is 2.01. The van der Waals surface area contributed by atoms with Gasteiger partial charge in [0.15, 0.2) is 0 Å². The molecule has 1 aromatic heterocycles. The van der Waals surface area contributed by atoms with Crippen molar-refractivity contribution < 1.29 is 5.11 Å². The number of nitrogens with zero attached hydrogens (tertiary/aromatic N) is 3. The number of nitrogens with two attached hydrogens (primary N) is 1. The van der Waals surface area contributed by atoms with E-state index in [1.54, 1.807) is 6.20 Å². The van der Waals surface area contributed by atoms with Gasteiger partial charge in [-0.25, -0.2) is 9.97 Å². The minimum Gasteiger partial charge on any atom is -0.395 e. The van der Waals surface area contributed by atoms with E-state index in [0.29, 0.717) is 13.1 Å². The van der Waals surface area contributed by atoms with E-state index in [4.69, 9.17) is 10.8 Å². The van der Waals surface area contributed by atoms with Crippen molar-refractivity contribution in [3.63, 3.8) is 0 Å². The molecule has 2 aromatic rings. The van der Waals surface area contributed by atoms with Gasteiger partial charge >= 0.3 is 0 Å². The molecule has 0 amide bonds. The van der Waals surface area contributed by atoms with Gasteiger partial charge in [-0.2, -0.15) is 0 Å². The van der Waals surface area contributed by atoms with Crippen molar-refractivity contribution in [1.82, 2.24) is 9.97 Å². The van der Waals surface area contributed by atoms with Crippen LogP contribution in [0, 0.1) is 0 Å². The summed E-state index contributed by atoms with van der Waals surface area (Å²) < 4.78 is 0. The number of aromatic nitrogens is 2. The van der Waals surface area contributed by atoms with Crippen LogP contribution in [-0.2, 0) is 0 Å². The summed E-state index contributed by atoms with van der Waals surface area (Å²) >= 11 is 0. The third-order valence-corrected chi connectivity index (χ3v) is 3.08. The lowest BCUT2D eigenvalue weighted by Crippen LogP contribution is -2.31. The topological polar surface area (TPSA) is 75.3 Å². The van der Waals surface area contributed by atoms with E-state index in [9.17, 15) is 0 Å². The van der Waals surface area contributed by atoms with Crippen LogP contribution in [0.1, 0.15) is 11.3 Å². The first kappa shape index (κ1) is 15.2. The van der Waals surface area contributed by atoms with Crippen LogP contribution in [0.5, 0.6) is 0 Å². The average Bonchev–Trinajstić information content (AvgIpc) is 2.54. The highest BCUT2D eigenvalue weighted by molar-refractivity contribution is 5.68. The SMILES string of the molecule is NCCN(CCO)c1ccc(C=Cc2ccncn2)cc1. The second kappa shape index (κ2) is 8.14. The van der Waals surface area contributed by atoms with Gasteiger partial charge in [-0.1, -0.05) is 18.2 Å². The van der Waals surface area contributed by atoms with Crippen LogP contribution in [0.3, 0.4) is 0 Å². The summed E-state index contributed by atoms with van der Waals surface area (Å²) in [6, 6.07) is 9.99. The fraction of sp³-hybridized carbons (Fsp3) is 0.250. The predicted molar refractivity (Wildman–Crippen MR) is 85.8 cm³/mol. The van der Waals surface area contributed by atoms with Crippen molar-refractivity contribution in [1.29, 1.82) is 0 Å². The smallest absolute Gasteiger partial charge is 0.115 e. The molecular weight excluding hydrogens is 264 g/mol. The monoisotopic (exact) mass is 284 g/mol. The Morgan fingerprint density at radius 3 is 2.52 bits per heavy atom. The van der Waals surface area contributed by atoms with E-state index in [1.165, 1.54) is 6.33 Å². The maximum atomic E-state index is 9.08. The first-order valence-electron chi connectivity index (χ1n) is 6.93. The molecule has 3 N–H and O–H groups in total. The van der Waals surface area contributed by atoms with Crippen molar-refractivity contribution in [2.24, 2.45) is 5.73 Å². The Morgan fingerprint density at radius 1 is 1.10 bits per heavy atom. The Labute approximate surface area is 124 Å². The van der Waals surface area contributed by atoms with Gasteiger partial charge in [0.25, 0.3) is 0 Å². The molecule has 0 aliphatic carbocycles. The summed E-state index contributed by atoms with van der Waals surface area (Å²) in [4.78, 5) is 10.1. The lowest BCUT2D eigenvalue weighted by Gasteiger charge is -2.23. The fourth-order valence-corrected chi connectivity index (χ4v) is 2.02. The summed E-state index contributed by atoms with van der Waals surface area (Å²) in [5.41, 5.74) is 8.62. The Balaban J connectivity index is 2.06. The quantitative estimate of drug-likeness (QED) is 0.804. The van der Waals surface area contributed by atoms with Crippen LogP contribution in [0.2, 0.25) is 0 Å². The molecule has 21 heavy (non-hydrogen) atoms. The van der Waals surface area contributed by atoms with Gasteiger partial charge in [0.05, 0.1) is 12.3 Å². The summed E-state index contributed by atoms with van der Waals surface area (Å²) in [7, 11) is 0. The molecule has 0 atom stereocenters. The van der Waals surface area contributed by atoms with E-state index < -0.39 is 0 Å².